The number of aromatic nitrogens is 1. The first-order chi connectivity index (χ1) is 11.2. The Labute approximate surface area is 142 Å². The number of hydrogen-bond donors (Lipinski definition) is 1. The van der Waals surface area contributed by atoms with Crippen molar-refractivity contribution in [2.24, 2.45) is 4.99 Å². The number of aryl methyl sites for hydroxylation is 1. The highest BCUT2D eigenvalue weighted by Gasteiger charge is 2.27. The lowest BCUT2D eigenvalue weighted by molar-refractivity contribution is -0.115. The van der Waals surface area contributed by atoms with Gasteiger partial charge >= 0.3 is 0 Å². The van der Waals surface area contributed by atoms with Gasteiger partial charge in [0.05, 0.1) is 21.3 Å². The molecule has 0 bridgehead atoms. The summed E-state index contributed by atoms with van der Waals surface area (Å²) in [5.74, 6) is 0.540. The molecule has 4 nitrogen and oxygen atoms in total. The van der Waals surface area contributed by atoms with Crippen molar-refractivity contribution in [3.8, 4) is 0 Å². The van der Waals surface area contributed by atoms with Crippen molar-refractivity contribution in [3.05, 3.63) is 50.8 Å². The lowest BCUT2D eigenvalue weighted by Crippen LogP contribution is -2.19. The number of hydrogen-bond acceptors (Lipinski definition) is 5. The van der Waals surface area contributed by atoms with E-state index < -0.39 is 0 Å². The van der Waals surface area contributed by atoms with Gasteiger partial charge in [0.25, 0.3) is 5.91 Å². The van der Waals surface area contributed by atoms with Crippen LogP contribution in [0.25, 0.3) is 6.08 Å². The molecule has 1 N–H and O–H groups in total. The number of nitrogens with one attached hydrogen (secondary N) is 1. The fraction of sp³-hybridized carbons (Fsp3) is 0.235. The summed E-state index contributed by atoms with van der Waals surface area (Å²) in [5, 5.41) is 6.65. The first-order valence-electron chi connectivity index (χ1n) is 7.50. The van der Waals surface area contributed by atoms with Crippen LogP contribution in [0, 0.1) is 6.92 Å². The molecule has 23 heavy (non-hydrogen) atoms. The molecule has 1 saturated heterocycles. The molecular weight excluding hydrogens is 326 g/mol. The monoisotopic (exact) mass is 341 g/mol. The van der Waals surface area contributed by atoms with Crippen LogP contribution < -0.4 is 5.32 Å². The summed E-state index contributed by atoms with van der Waals surface area (Å²) in [4.78, 5) is 21.9. The SMILES string of the molecule is Cc1ccccc1N=C1NC(=O)/C(=C/c2csc(C3CC3)n2)S1. The number of carbonyl (C=O) groups excluding carboxylic acids is 1. The molecular formula is C17H15N3OS2. The van der Waals surface area contributed by atoms with Gasteiger partial charge in [0.15, 0.2) is 5.17 Å². The highest BCUT2D eigenvalue weighted by Crippen LogP contribution is 2.41. The first-order valence-corrected chi connectivity index (χ1v) is 9.19. The third-order valence-corrected chi connectivity index (χ3v) is 5.67. The standard InChI is InChI=1S/C17H15N3OS2/c1-10-4-2-3-5-13(10)19-17-20-15(21)14(23-17)8-12-9-22-16(18-12)11-6-7-11/h2-5,8-9,11H,6-7H2,1H3,(H,19,20,21)/b14-8-. The van der Waals surface area contributed by atoms with Crippen molar-refractivity contribution in [2.45, 2.75) is 25.7 Å². The van der Waals surface area contributed by atoms with Crippen LogP contribution in [0.5, 0.6) is 0 Å². The zero-order chi connectivity index (χ0) is 15.8. The summed E-state index contributed by atoms with van der Waals surface area (Å²) in [7, 11) is 0. The van der Waals surface area contributed by atoms with Crippen LogP contribution in [0.2, 0.25) is 0 Å². The van der Waals surface area contributed by atoms with Crippen LogP contribution in [0.4, 0.5) is 5.69 Å². The van der Waals surface area contributed by atoms with Crippen LogP contribution in [0.3, 0.4) is 0 Å². The van der Waals surface area contributed by atoms with Crippen LogP contribution in [0.15, 0.2) is 39.5 Å². The van der Waals surface area contributed by atoms with Gasteiger partial charge in [0.2, 0.25) is 0 Å². The predicted molar refractivity (Wildman–Crippen MR) is 96.1 cm³/mol. The fourth-order valence-electron chi connectivity index (χ4n) is 2.30. The minimum absolute atomic E-state index is 0.108. The van der Waals surface area contributed by atoms with E-state index in [0.29, 0.717) is 16.0 Å². The Kier molecular flexibility index (Phi) is 3.79. The molecule has 0 radical (unpaired) electrons. The molecule has 1 amide bonds. The smallest absolute Gasteiger partial charge is 0.264 e. The predicted octanol–water partition coefficient (Wildman–Crippen LogP) is 4.22. The average Bonchev–Trinajstić information content (AvgIpc) is 3.19. The fourth-order valence-corrected chi connectivity index (χ4v) is 4.07. The van der Waals surface area contributed by atoms with Crippen LogP contribution in [-0.2, 0) is 4.79 Å². The maximum absolute atomic E-state index is 12.1. The van der Waals surface area contributed by atoms with E-state index >= 15 is 0 Å². The highest BCUT2D eigenvalue weighted by atomic mass is 32.2. The number of benzene rings is 1. The van der Waals surface area contributed by atoms with Gasteiger partial charge in [0, 0.05) is 11.3 Å². The molecule has 1 aliphatic carbocycles. The van der Waals surface area contributed by atoms with Gasteiger partial charge in [-0.2, -0.15) is 0 Å². The molecule has 0 unspecified atom stereocenters. The van der Waals surface area contributed by atoms with Crippen molar-refractivity contribution in [2.75, 3.05) is 0 Å². The molecule has 0 atom stereocenters. The minimum Gasteiger partial charge on any atom is -0.300 e. The van der Waals surface area contributed by atoms with E-state index in [-0.39, 0.29) is 5.91 Å². The number of aliphatic imine (C=N–C) groups is 1. The van der Waals surface area contributed by atoms with Gasteiger partial charge in [0.1, 0.15) is 0 Å². The quantitative estimate of drug-likeness (QED) is 0.851. The van der Waals surface area contributed by atoms with E-state index in [2.05, 4.69) is 15.3 Å². The molecule has 6 heteroatoms. The van der Waals surface area contributed by atoms with Gasteiger partial charge in [-0.1, -0.05) is 18.2 Å². The lowest BCUT2D eigenvalue weighted by Gasteiger charge is -1.99. The molecule has 1 aliphatic heterocycles. The van der Waals surface area contributed by atoms with Crippen molar-refractivity contribution in [3.63, 3.8) is 0 Å². The van der Waals surface area contributed by atoms with E-state index in [4.69, 9.17) is 0 Å². The summed E-state index contributed by atoms with van der Waals surface area (Å²) in [6.07, 6.45) is 4.33. The number of thiazole rings is 1. The number of para-hydroxylation sites is 1. The molecule has 1 saturated carbocycles. The zero-order valence-corrected chi connectivity index (χ0v) is 14.2. The van der Waals surface area contributed by atoms with Gasteiger partial charge in [-0.25, -0.2) is 9.98 Å². The number of amidine groups is 1. The van der Waals surface area contributed by atoms with Gasteiger partial charge < -0.3 is 5.32 Å². The normalized spacial score (nSPS) is 21.2. The number of amides is 1. The number of carbonyl (C=O) groups is 1. The summed E-state index contributed by atoms with van der Waals surface area (Å²) >= 11 is 3.05. The van der Waals surface area contributed by atoms with E-state index in [0.717, 1.165) is 16.9 Å². The topological polar surface area (TPSA) is 54.4 Å². The zero-order valence-electron chi connectivity index (χ0n) is 12.6. The summed E-state index contributed by atoms with van der Waals surface area (Å²) in [6.45, 7) is 2.01. The maximum Gasteiger partial charge on any atom is 0.264 e. The average molecular weight is 341 g/mol. The molecule has 2 aromatic rings. The Hall–Kier alpha value is -1.92. The number of rotatable bonds is 3. The van der Waals surface area contributed by atoms with Crippen LogP contribution in [-0.4, -0.2) is 16.1 Å². The van der Waals surface area contributed by atoms with Gasteiger partial charge in [-0.05, 0) is 49.2 Å². The second-order valence-corrected chi connectivity index (χ2v) is 7.57. The second kappa shape index (κ2) is 5.94. The molecule has 4 rings (SSSR count). The van der Waals surface area contributed by atoms with Crippen molar-refractivity contribution in [1.29, 1.82) is 0 Å². The second-order valence-electron chi connectivity index (χ2n) is 5.65. The first kappa shape index (κ1) is 14.7. The molecule has 1 aromatic heterocycles. The van der Waals surface area contributed by atoms with Gasteiger partial charge in [-0.3, -0.25) is 4.79 Å². The van der Waals surface area contributed by atoms with Crippen molar-refractivity contribution < 1.29 is 4.79 Å². The molecule has 2 aliphatic rings. The molecule has 2 heterocycles. The maximum atomic E-state index is 12.1. The number of nitrogens with zero attached hydrogens (tertiary/aromatic N) is 2. The lowest BCUT2D eigenvalue weighted by atomic mass is 10.2. The summed E-state index contributed by atoms with van der Waals surface area (Å²) in [5.41, 5.74) is 2.83. The number of thioether (sulfide) groups is 1. The Balaban J connectivity index is 1.55. The highest BCUT2D eigenvalue weighted by molar-refractivity contribution is 8.18. The third-order valence-electron chi connectivity index (χ3n) is 3.73. The Bertz CT molecular complexity index is 834. The van der Waals surface area contributed by atoms with E-state index in [9.17, 15) is 4.79 Å². The van der Waals surface area contributed by atoms with E-state index in [1.54, 1.807) is 11.3 Å². The van der Waals surface area contributed by atoms with Crippen LogP contribution >= 0.6 is 23.1 Å². The Morgan fingerprint density at radius 1 is 1.35 bits per heavy atom. The van der Waals surface area contributed by atoms with Crippen molar-refractivity contribution in [1.82, 2.24) is 10.3 Å². The Morgan fingerprint density at radius 3 is 2.96 bits per heavy atom. The van der Waals surface area contributed by atoms with Gasteiger partial charge in [-0.15, -0.1) is 11.3 Å². The van der Waals surface area contributed by atoms with E-state index in [1.165, 1.54) is 29.6 Å². The Morgan fingerprint density at radius 2 is 2.17 bits per heavy atom. The van der Waals surface area contributed by atoms with Crippen LogP contribution in [0.1, 0.15) is 35.0 Å². The minimum atomic E-state index is -0.108. The third kappa shape index (κ3) is 3.23. The molecule has 116 valence electrons. The largest absolute Gasteiger partial charge is 0.300 e. The molecule has 0 spiro atoms. The molecule has 1 aromatic carbocycles. The van der Waals surface area contributed by atoms with E-state index in [1.807, 2.05) is 42.6 Å². The summed E-state index contributed by atoms with van der Waals surface area (Å²) in [6, 6.07) is 7.87. The summed E-state index contributed by atoms with van der Waals surface area (Å²) < 4.78 is 0. The molecule has 2 fully saturated rings. The van der Waals surface area contributed by atoms with Crippen molar-refractivity contribution >= 4 is 45.9 Å².